The lowest BCUT2D eigenvalue weighted by atomic mass is 10.1. The largest absolute Gasteiger partial charge is 0.443 e. The average molecular weight is 270 g/mol. The second kappa shape index (κ2) is 4.14. The van der Waals surface area contributed by atoms with Gasteiger partial charge in [-0.1, -0.05) is 15.9 Å². The van der Waals surface area contributed by atoms with Crippen LogP contribution in [-0.2, 0) is 5.33 Å². The molecule has 0 saturated heterocycles. The zero-order valence-electron chi connectivity index (χ0n) is 8.13. The predicted molar refractivity (Wildman–Crippen MR) is 59.3 cm³/mol. The van der Waals surface area contributed by atoms with Crippen molar-refractivity contribution in [1.29, 1.82) is 0 Å². The molecule has 0 bridgehead atoms. The molecular formula is C11H9BrFNO. The van der Waals surface area contributed by atoms with E-state index in [-0.39, 0.29) is 5.82 Å². The lowest BCUT2D eigenvalue weighted by Crippen LogP contribution is -1.86. The minimum atomic E-state index is -0.262. The van der Waals surface area contributed by atoms with Gasteiger partial charge in [0.25, 0.3) is 0 Å². The Hall–Kier alpha value is -1.16. The van der Waals surface area contributed by atoms with E-state index in [0.29, 0.717) is 11.1 Å². The zero-order chi connectivity index (χ0) is 10.8. The number of hydrogen-bond donors (Lipinski definition) is 0. The highest BCUT2D eigenvalue weighted by Gasteiger charge is 2.10. The first kappa shape index (κ1) is 10.4. The molecule has 2 rings (SSSR count). The first-order chi connectivity index (χ1) is 7.20. The summed E-state index contributed by atoms with van der Waals surface area (Å²) in [6, 6.07) is 4.79. The Bertz CT molecular complexity index is 461. The normalized spacial score (nSPS) is 10.6. The molecule has 0 N–H and O–H groups in total. The smallest absolute Gasteiger partial charge is 0.181 e. The molecule has 0 radical (unpaired) electrons. The lowest BCUT2D eigenvalue weighted by molar-refractivity contribution is 0.569. The molecule has 4 heteroatoms. The minimum Gasteiger partial charge on any atom is -0.443 e. The molecule has 0 aliphatic rings. The van der Waals surface area contributed by atoms with Crippen LogP contribution in [0.15, 0.2) is 29.0 Å². The Morgan fingerprint density at radius 1 is 1.40 bits per heavy atom. The van der Waals surface area contributed by atoms with Gasteiger partial charge in [0.2, 0.25) is 0 Å². The molecule has 15 heavy (non-hydrogen) atoms. The van der Waals surface area contributed by atoms with Crippen molar-refractivity contribution in [3.8, 4) is 11.3 Å². The molecule has 1 aromatic carbocycles. The van der Waals surface area contributed by atoms with Crippen molar-refractivity contribution in [2.24, 2.45) is 0 Å². The highest BCUT2D eigenvalue weighted by atomic mass is 79.9. The van der Waals surface area contributed by atoms with Crippen LogP contribution in [-0.4, -0.2) is 4.98 Å². The summed E-state index contributed by atoms with van der Waals surface area (Å²) in [6.07, 6.45) is 1.37. The van der Waals surface area contributed by atoms with E-state index >= 15 is 0 Å². The van der Waals surface area contributed by atoms with E-state index in [0.717, 1.165) is 16.8 Å². The monoisotopic (exact) mass is 269 g/mol. The molecule has 1 heterocycles. The van der Waals surface area contributed by atoms with Crippen molar-refractivity contribution >= 4 is 15.9 Å². The maximum Gasteiger partial charge on any atom is 0.181 e. The number of oxazole rings is 1. The zero-order valence-corrected chi connectivity index (χ0v) is 9.71. The third kappa shape index (κ3) is 2.09. The number of aromatic nitrogens is 1. The van der Waals surface area contributed by atoms with E-state index in [1.807, 2.05) is 13.0 Å². The molecule has 0 fully saturated rings. The molecule has 2 aromatic rings. The van der Waals surface area contributed by atoms with E-state index in [4.69, 9.17) is 4.42 Å². The van der Waals surface area contributed by atoms with Gasteiger partial charge in [-0.15, -0.1) is 0 Å². The first-order valence-corrected chi connectivity index (χ1v) is 5.58. The van der Waals surface area contributed by atoms with Gasteiger partial charge in [-0.2, -0.15) is 0 Å². The number of benzene rings is 1. The van der Waals surface area contributed by atoms with Gasteiger partial charge in [-0.25, -0.2) is 9.37 Å². The second-order valence-electron chi connectivity index (χ2n) is 3.28. The average Bonchev–Trinajstić information content (AvgIpc) is 2.63. The van der Waals surface area contributed by atoms with Crippen LogP contribution in [0.25, 0.3) is 11.3 Å². The molecular weight excluding hydrogens is 261 g/mol. The molecule has 0 aliphatic heterocycles. The number of halogens is 2. The topological polar surface area (TPSA) is 26.0 Å². The van der Waals surface area contributed by atoms with Crippen LogP contribution in [0.1, 0.15) is 11.3 Å². The SMILES string of the molecule is Cc1cc(F)cc(-c2ocnc2CBr)c1. The van der Waals surface area contributed by atoms with Crippen molar-refractivity contribution < 1.29 is 8.81 Å². The Morgan fingerprint density at radius 3 is 2.87 bits per heavy atom. The van der Waals surface area contributed by atoms with Crippen LogP contribution in [0.4, 0.5) is 4.39 Å². The summed E-state index contributed by atoms with van der Waals surface area (Å²) < 4.78 is 18.4. The summed E-state index contributed by atoms with van der Waals surface area (Å²) in [5.74, 6) is 0.358. The molecule has 0 aliphatic carbocycles. The van der Waals surface area contributed by atoms with Crippen LogP contribution < -0.4 is 0 Å². The highest BCUT2D eigenvalue weighted by molar-refractivity contribution is 9.08. The summed E-state index contributed by atoms with van der Waals surface area (Å²) in [4.78, 5) is 4.03. The van der Waals surface area contributed by atoms with E-state index in [9.17, 15) is 4.39 Å². The summed E-state index contributed by atoms with van der Waals surface area (Å²) in [5.41, 5.74) is 2.36. The number of hydrogen-bond acceptors (Lipinski definition) is 2. The van der Waals surface area contributed by atoms with Crippen molar-refractivity contribution in [3.63, 3.8) is 0 Å². The van der Waals surface area contributed by atoms with Gasteiger partial charge in [0.05, 0.1) is 5.69 Å². The maximum atomic E-state index is 13.2. The van der Waals surface area contributed by atoms with Crippen molar-refractivity contribution in [2.75, 3.05) is 0 Å². The molecule has 1 aromatic heterocycles. The Morgan fingerprint density at radius 2 is 2.20 bits per heavy atom. The Balaban J connectivity index is 2.53. The van der Waals surface area contributed by atoms with Crippen LogP contribution in [0.3, 0.4) is 0 Å². The highest BCUT2D eigenvalue weighted by Crippen LogP contribution is 2.26. The number of nitrogens with zero attached hydrogens (tertiary/aromatic N) is 1. The third-order valence-corrected chi connectivity index (χ3v) is 2.60. The molecule has 0 unspecified atom stereocenters. The van der Waals surface area contributed by atoms with Gasteiger partial charge < -0.3 is 4.42 Å². The van der Waals surface area contributed by atoms with Gasteiger partial charge in [0, 0.05) is 10.9 Å². The fraction of sp³-hybridized carbons (Fsp3) is 0.182. The predicted octanol–water partition coefficient (Wildman–Crippen LogP) is 3.68. The van der Waals surface area contributed by atoms with Crippen LogP contribution in [0.5, 0.6) is 0 Å². The third-order valence-electron chi connectivity index (χ3n) is 2.07. The van der Waals surface area contributed by atoms with E-state index < -0.39 is 0 Å². The lowest BCUT2D eigenvalue weighted by Gasteiger charge is -2.01. The maximum absolute atomic E-state index is 13.2. The minimum absolute atomic E-state index is 0.262. The summed E-state index contributed by atoms with van der Waals surface area (Å²) in [6.45, 7) is 1.84. The molecule has 0 amide bonds. The number of alkyl halides is 1. The number of rotatable bonds is 2. The van der Waals surface area contributed by atoms with Gasteiger partial charge in [-0.3, -0.25) is 0 Å². The van der Waals surface area contributed by atoms with Crippen LogP contribution >= 0.6 is 15.9 Å². The Labute approximate surface area is 95.3 Å². The van der Waals surface area contributed by atoms with Crippen LogP contribution in [0.2, 0.25) is 0 Å². The van der Waals surface area contributed by atoms with Gasteiger partial charge in [0.1, 0.15) is 5.82 Å². The van der Waals surface area contributed by atoms with Gasteiger partial charge in [0.15, 0.2) is 12.2 Å². The molecule has 0 spiro atoms. The summed E-state index contributed by atoms with van der Waals surface area (Å²) in [7, 11) is 0. The summed E-state index contributed by atoms with van der Waals surface area (Å²) >= 11 is 3.31. The fourth-order valence-electron chi connectivity index (χ4n) is 1.47. The molecule has 2 nitrogen and oxygen atoms in total. The molecule has 78 valence electrons. The van der Waals surface area contributed by atoms with Crippen molar-refractivity contribution in [2.45, 2.75) is 12.3 Å². The first-order valence-electron chi connectivity index (χ1n) is 4.46. The van der Waals surface area contributed by atoms with E-state index in [1.165, 1.54) is 18.5 Å². The van der Waals surface area contributed by atoms with E-state index in [1.54, 1.807) is 0 Å². The standard InChI is InChI=1S/C11H9BrFNO/c1-7-2-8(4-9(13)3-7)11-10(5-12)14-6-15-11/h2-4,6H,5H2,1H3. The molecule has 0 atom stereocenters. The number of aryl methyl sites for hydroxylation is 1. The second-order valence-corrected chi connectivity index (χ2v) is 3.84. The van der Waals surface area contributed by atoms with Crippen molar-refractivity contribution in [3.05, 3.63) is 41.7 Å². The molecule has 0 saturated carbocycles. The van der Waals surface area contributed by atoms with Crippen LogP contribution in [0, 0.1) is 12.7 Å². The van der Waals surface area contributed by atoms with Gasteiger partial charge in [-0.05, 0) is 30.7 Å². The van der Waals surface area contributed by atoms with E-state index in [2.05, 4.69) is 20.9 Å². The van der Waals surface area contributed by atoms with Crippen molar-refractivity contribution in [1.82, 2.24) is 4.98 Å². The Kier molecular flexibility index (Phi) is 2.86. The quantitative estimate of drug-likeness (QED) is 0.778. The van der Waals surface area contributed by atoms with Gasteiger partial charge >= 0.3 is 0 Å². The fourth-order valence-corrected chi connectivity index (χ4v) is 1.87. The summed E-state index contributed by atoms with van der Waals surface area (Å²) in [5, 5.41) is 0.592.